The summed E-state index contributed by atoms with van der Waals surface area (Å²) in [6.07, 6.45) is 4.54. The molecule has 1 saturated heterocycles. The molecule has 242 valence electrons. The van der Waals surface area contributed by atoms with E-state index in [1.54, 1.807) is 44.4 Å². The van der Waals surface area contributed by atoms with Gasteiger partial charge in [-0.3, -0.25) is 4.90 Å². The molecule has 1 fully saturated rings. The average molecular weight is 612 g/mol. The fourth-order valence-electron chi connectivity index (χ4n) is 4.97. The Bertz CT molecular complexity index is 1270. The third-order valence-corrected chi connectivity index (χ3v) is 7.44. The van der Waals surface area contributed by atoms with E-state index in [9.17, 15) is 14.4 Å². The van der Waals surface area contributed by atoms with Gasteiger partial charge in [0.1, 0.15) is 23.1 Å². The van der Waals surface area contributed by atoms with E-state index in [-0.39, 0.29) is 24.6 Å². The van der Waals surface area contributed by atoms with Crippen LogP contribution in [0.3, 0.4) is 0 Å². The number of benzene rings is 1. The molecule has 0 spiro atoms. The highest BCUT2D eigenvalue weighted by Crippen LogP contribution is 2.28. The summed E-state index contributed by atoms with van der Waals surface area (Å²) in [7, 11) is 4.96. The van der Waals surface area contributed by atoms with Crippen LogP contribution in [0.1, 0.15) is 66.4 Å². The largest absolute Gasteiger partial charge is 0.458 e. The lowest BCUT2D eigenvalue weighted by atomic mass is 10.0. The van der Waals surface area contributed by atoms with Crippen molar-refractivity contribution in [2.75, 3.05) is 55.9 Å². The van der Waals surface area contributed by atoms with Gasteiger partial charge in [-0.25, -0.2) is 19.4 Å². The van der Waals surface area contributed by atoms with E-state index in [0.29, 0.717) is 42.8 Å². The second kappa shape index (κ2) is 15.1. The summed E-state index contributed by atoms with van der Waals surface area (Å²) in [5.41, 5.74) is 0.512. The minimum absolute atomic E-state index is 0.150. The molecule has 44 heavy (non-hydrogen) atoms. The van der Waals surface area contributed by atoms with E-state index in [4.69, 9.17) is 14.5 Å². The molecule has 12 nitrogen and oxygen atoms in total. The Hall–Kier alpha value is -4.09. The molecule has 3 amide bonds. The molecule has 2 atom stereocenters. The molecule has 2 aromatic rings. The number of nitrogens with one attached hydrogen (secondary N) is 1. The summed E-state index contributed by atoms with van der Waals surface area (Å²) < 4.78 is 11.4. The maximum absolute atomic E-state index is 13.5. The van der Waals surface area contributed by atoms with Crippen LogP contribution in [0.25, 0.3) is 0 Å². The van der Waals surface area contributed by atoms with E-state index in [2.05, 4.69) is 10.3 Å². The Labute approximate surface area is 261 Å². The number of amides is 3. The molecule has 1 aromatic heterocycles. The van der Waals surface area contributed by atoms with Gasteiger partial charge in [0.15, 0.2) is 5.82 Å². The van der Waals surface area contributed by atoms with Crippen LogP contribution >= 0.6 is 0 Å². The van der Waals surface area contributed by atoms with Crippen molar-refractivity contribution in [2.24, 2.45) is 0 Å². The number of piperidine rings is 1. The van der Waals surface area contributed by atoms with Crippen LogP contribution in [0, 0.1) is 0 Å². The summed E-state index contributed by atoms with van der Waals surface area (Å²) in [5.74, 6) is 0.771. The zero-order valence-corrected chi connectivity index (χ0v) is 27.7. The number of nitrogens with zero attached hydrogens (tertiary/aromatic N) is 6. The first-order valence-corrected chi connectivity index (χ1v) is 15.4. The number of hydrogen-bond acceptors (Lipinski definition) is 9. The number of hydrogen-bond donors (Lipinski definition) is 1. The van der Waals surface area contributed by atoms with E-state index < -0.39 is 17.6 Å². The van der Waals surface area contributed by atoms with E-state index in [1.807, 2.05) is 58.6 Å². The molecular weight excluding hydrogens is 562 g/mol. The molecular formula is C32H49N7O5. The van der Waals surface area contributed by atoms with Crippen LogP contribution in [-0.4, -0.2) is 96.3 Å². The highest BCUT2D eigenvalue weighted by Gasteiger charge is 2.29. The van der Waals surface area contributed by atoms with Crippen molar-refractivity contribution in [3.63, 3.8) is 0 Å². The number of likely N-dealkylation sites (tertiary alicyclic amines) is 1. The van der Waals surface area contributed by atoms with Crippen molar-refractivity contribution < 1.29 is 23.9 Å². The van der Waals surface area contributed by atoms with Gasteiger partial charge in [0, 0.05) is 53.2 Å². The number of esters is 1. The van der Waals surface area contributed by atoms with E-state index in [0.717, 1.165) is 24.8 Å². The van der Waals surface area contributed by atoms with Crippen LogP contribution in [0.2, 0.25) is 0 Å². The number of urea groups is 1. The Morgan fingerprint density at radius 2 is 1.73 bits per heavy atom. The van der Waals surface area contributed by atoms with Crippen LogP contribution in [-0.2, 0) is 16.0 Å². The summed E-state index contributed by atoms with van der Waals surface area (Å²) in [6, 6.07) is 6.13. The predicted molar refractivity (Wildman–Crippen MR) is 173 cm³/mol. The van der Waals surface area contributed by atoms with Gasteiger partial charge in [-0.2, -0.15) is 4.98 Å². The monoisotopic (exact) mass is 611 g/mol. The standard InChI is InChI=1S/C32H49N7O5/c1-10-38(11-2)29-33-21-26(37(9)30(41)36(7)8)27(35-29)34-25(28(40)44-32(4,5)6)20-23-15-17-24(18-16-23)43-31(42)39-19-13-12-14-22(39)3/h15-18,21-22,25H,10-14,19-20H2,1-9H3,(H,33,34,35)/t22?,25-/m0/s1. The SMILES string of the molecule is CCN(CC)c1ncc(N(C)C(=O)N(C)C)c(N[C@@H](Cc2ccc(OC(=O)N3CCCCC3C)cc2)C(=O)OC(C)(C)C)n1. The molecule has 3 rings (SSSR count). The summed E-state index contributed by atoms with van der Waals surface area (Å²) in [4.78, 5) is 55.1. The molecule has 0 aliphatic carbocycles. The molecule has 12 heteroatoms. The molecule has 0 bridgehead atoms. The second-order valence-electron chi connectivity index (χ2n) is 12.3. The van der Waals surface area contributed by atoms with Gasteiger partial charge in [-0.15, -0.1) is 0 Å². The van der Waals surface area contributed by atoms with Crippen LogP contribution in [0.5, 0.6) is 5.75 Å². The number of carbonyl (C=O) groups is 3. The maximum Gasteiger partial charge on any atom is 0.415 e. The van der Waals surface area contributed by atoms with Gasteiger partial charge < -0.3 is 29.5 Å². The normalized spacial score (nSPS) is 15.7. The first-order chi connectivity index (χ1) is 20.7. The number of aromatic nitrogens is 2. The summed E-state index contributed by atoms with van der Waals surface area (Å²) in [6.45, 7) is 13.6. The number of ether oxygens (including phenoxy) is 2. The Morgan fingerprint density at radius 3 is 2.30 bits per heavy atom. The zero-order chi connectivity index (χ0) is 32.6. The fraction of sp³-hybridized carbons (Fsp3) is 0.594. The third-order valence-electron chi connectivity index (χ3n) is 7.44. The lowest BCUT2D eigenvalue weighted by Crippen LogP contribution is -2.43. The zero-order valence-electron chi connectivity index (χ0n) is 27.7. The summed E-state index contributed by atoms with van der Waals surface area (Å²) in [5, 5.41) is 3.27. The van der Waals surface area contributed by atoms with Gasteiger partial charge in [-0.05, 0) is 78.5 Å². The van der Waals surface area contributed by atoms with Gasteiger partial charge >= 0.3 is 18.1 Å². The minimum atomic E-state index is -0.849. The fourth-order valence-corrected chi connectivity index (χ4v) is 4.97. The van der Waals surface area contributed by atoms with Gasteiger partial charge in [-0.1, -0.05) is 12.1 Å². The highest BCUT2D eigenvalue weighted by atomic mass is 16.6. The van der Waals surface area contributed by atoms with E-state index >= 15 is 0 Å². The van der Waals surface area contributed by atoms with Crippen molar-refractivity contribution in [3.05, 3.63) is 36.0 Å². The molecule has 0 radical (unpaired) electrons. The first kappa shape index (κ1) is 34.4. The summed E-state index contributed by atoms with van der Waals surface area (Å²) >= 11 is 0. The molecule has 0 saturated carbocycles. The van der Waals surface area contributed by atoms with Crippen molar-refractivity contribution in [1.82, 2.24) is 19.8 Å². The lowest BCUT2D eigenvalue weighted by molar-refractivity contribution is -0.155. The second-order valence-corrected chi connectivity index (χ2v) is 12.3. The number of rotatable bonds is 10. The van der Waals surface area contributed by atoms with Crippen molar-refractivity contribution in [1.29, 1.82) is 0 Å². The van der Waals surface area contributed by atoms with E-state index in [1.165, 1.54) is 9.80 Å². The minimum Gasteiger partial charge on any atom is -0.458 e. The van der Waals surface area contributed by atoms with Gasteiger partial charge in [0.2, 0.25) is 5.95 Å². The molecule has 1 aliphatic rings. The van der Waals surface area contributed by atoms with Crippen molar-refractivity contribution in [2.45, 2.75) is 84.9 Å². The number of carbonyl (C=O) groups excluding carboxylic acids is 3. The van der Waals surface area contributed by atoms with Crippen LogP contribution in [0.4, 0.5) is 27.0 Å². The Balaban J connectivity index is 1.91. The van der Waals surface area contributed by atoms with Crippen LogP contribution < -0.4 is 19.9 Å². The first-order valence-electron chi connectivity index (χ1n) is 15.4. The average Bonchev–Trinajstić information content (AvgIpc) is 2.97. The smallest absolute Gasteiger partial charge is 0.415 e. The molecule has 1 unspecified atom stereocenters. The number of anilines is 3. The molecule has 1 N–H and O–H groups in total. The van der Waals surface area contributed by atoms with Crippen molar-refractivity contribution >= 4 is 35.5 Å². The Morgan fingerprint density at radius 1 is 1.07 bits per heavy atom. The van der Waals surface area contributed by atoms with Gasteiger partial charge in [0.25, 0.3) is 0 Å². The Kier molecular flexibility index (Phi) is 11.8. The lowest BCUT2D eigenvalue weighted by Gasteiger charge is -2.32. The third kappa shape index (κ3) is 9.20. The maximum atomic E-state index is 13.5. The highest BCUT2D eigenvalue weighted by molar-refractivity contribution is 5.94. The van der Waals surface area contributed by atoms with Crippen molar-refractivity contribution in [3.8, 4) is 5.75 Å². The molecule has 1 aromatic carbocycles. The molecule has 2 heterocycles. The van der Waals surface area contributed by atoms with Crippen LogP contribution in [0.15, 0.2) is 30.5 Å². The topological polar surface area (TPSA) is 120 Å². The molecule has 1 aliphatic heterocycles. The predicted octanol–water partition coefficient (Wildman–Crippen LogP) is 5.18. The quantitative estimate of drug-likeness (QED) is 0.363. The van der Waals surface area contributed by atoms with Gasteiger partial charge in [0.05, 0.1) is 6.20 Å².